The molecule has 1 aliphatic rings. The van der Waals surface area contributed by atoms with E-state index >= 15 is 0 Å². The van der Waals surface area contributed by atoms with Crippen LogP contribution in [0.25, 0.3) is 0 Å². The molecular formula is C17H20N4OS2. The number of thioether (sulfide) groups is 2. The molecule has 0 radical (unpaired) electrons. The van der Waals surface area contributed by atoms with E-state index in [-0.39, 0.29) is 5.91 Å². The highest BCUT2D eigenvalue weighted by molar-refractivity contribution is 8.00. The van der Waals surface area contributed by atoms with Crippen molar-refractivity contribution >= 4 is 35.1 Å². The predicted molar refractivity (Wildman–Crippen MR) is 99.7 cm³/mol. The third-order valence-corrected chi connectivity index (χ3v) is 5.98. The van der Waals surface area contributed by atoms with Crippen LogP contribution >= 0.6 is 23.5 Å². The molecule has 2 heterocycles. The molecule has 0 spiro atoms. The molecule has 1 amide bonds. The lowest BCUT2D eigenvalue weighted by Gasteiger charge is -2.22. The first-order chi connectivity index (χ1) is 11.7. The zero-order valence-corrected chi connectivity index (χ0v) is 15.2. The van der Waals surface area contributed by atoms with Gasteiger partial charge in [-0.1, -0.05) is 36.9 Å². The Morgan fingerprint density at radius 3 is 3.17 bits per heavy atom. The average molecular weight is 361 g/mol. The Hall–Kier alpha value is -1.73. The van der Waals surface area contributed by atoms with E-state index < -0.39 is 0 Å². The van der Waals surface area contributed by atoms with Crippen LogP contribution in [-0.2, 0) is 11.3 Å². The van der Waals surface area contributed by atoms with Crippen LogP contribution in [-0.4, -0.2) is 38.2 Å². The second-order valence-electron chi connectivity index (χ2n) is 5.57. The highest BCUT2D eigenvalue weighted by atomic mass is 32.2. The number of para-hydroxylation sites is 1. The molecule has 7 heteroatoms. The van der Waals surface area contributed by atoms with Crippen molar-refractivity contribution in [1.82, 2.24) is 14.8 Å². The van der Waals surface area contributed by atoms with Crippen molar-refractivity contribution in [3.8, 4) is 0 Å². The summed E-state index contributed by atoms with van der Waals surface area (Å²) in [7, 11) is 0. The van der Waals surface area contributed by atoms with Gasteiger partial charge in [-0.05, 0) is 18.6 Å². The van der Waals surface area contributed by atoms with Gasteiger partial charge in [0.2, 0.25) is 5.91 Å². The topological polar surface area (TPSA) is 51.0 Å². The van der Waals surface area contributed by atoms with E-state index in [0.29, 0.717) is 17.5 Å². The summed E-state index contributed by atoms with van der Waals surface area (Å²) in [5, 5.41) is 9.24. The van der Waals surface area contributed by atoms with Crippen LogP contribution in [0, 0.1) is 0 Å². The average Bonchev–Trinajstić information content (AvgIpc) is 2.94. The zero-order chi connectivity index (χ0) is 16.9. The first kappa shape index (κ1) is 17.1. The number of rotatable bonds is 5. The van der Waals surface area contributed by atoms with E-state index in [2.05, 4.69) is 29.8 Å². The SMILES string of the molecule is C=CCn1cnnc1SCC(=O)N1CC[C@H](C)Sc2ccccc21. The van der Waals surface area contributed by atoms with E-state index in [1.54, 1.807) is 12.4 Å². The largest absolute Gasteiger partial charge is 0.311 e. The number of fused-ring (bicyclic) bond motifs is 1. The monoisotopic (exact) mass is 360 g/mol. The van der Waals surface area contributed by atoms with Crippen molar-refractivity contribution in [2.24, 2.45) is 0 Å². The van der Waals surface area contributed by atoms with E-state index in [1.165, 1.54) is 16.7 Å². The van der Waals surface area contributed by atoms with Gasteiger partial charge in [0.1, 0.15) is 6.33 Å². The van der Waals surface area contributed by atoms with Gasteiger partial charge in [0.15, 0.2) is 5.16 Å². The minimum absolute atomic E-state index is 0.107. The summed E-state index contributed by atoms with van der Waals surface area (Å²) in [6.07, 6.45) is 4.44. The Bertz CT molecular complexity index is 731. The van der Waals surface area contributed by atoms with Crippen LogP contribution in [0.4, 0.5) is 5.69 Å². The Morgan fingerprint density at radius 1 is 1.50 bits per heavy atom. The Balaban J connectivity index is 1.72. The molecule has 1 aromatic carbocycles. The standard InChI is InChI=1S/C17H20N4OS2/c1-3-9-20-12-18-19-17(20)23-11-16(22)21-10-8-13(2)24-15-7-5-4-6-14(15)21/h3-7,12-13H,1,8-11H2,2H3/t13-/m0/s1. The number of benzene rings is 1. The number of allylic oxidation sites excluding steroid dienone is 1. The molecule has 0 unspecified atom stereocenters. The first-order valence-electron chi connectivity index (χ1n) is 7.86. The van der Waals surface area contributed by atoms with Crippen molar-refractivity contribution in [3.05, 3.63) is 43.2 Å². The molecule has 1 atom stereocenters. The fourth-order valence-electron chi connectivity index (χ4n) is 2.57. The van der Waals surface area contributed by atoms with Gasteiger partial charge in [-0.3, -0.25) is 4.79 Å². The summed E-state index contributed by atoms with van der Waals surface area (Å²) in [5.41, 5.74) is 1.02. The minimum atomic E-state index is 0.107. The maximum absolute atomic E-state index is 12.8. The number of anilines is 1. The van der Waals surface area contributed by atoms with Gasteiger partial charge in [-0.15, -0.1) is 28.5 Å². The molecule has 0 aliphatic carbocycles. The van der Waals surface area contributed by atoms with Crippen molar-refractivity contribution in [2.45, 2.75) is 35.2 Å². The third kappa shape index (κ3) is 3.84. The molecule has 126 valence electrons. The van der Waals surface area contributed by atoms with Gasteiger partial charge >= 0.3 is 0 Å². The summed E-state index contributed by atoms with van der Waals surface area (Å²) >= 11 is 3.26. The molecule has 1 aromatic heterocycles. The van der Waals surface area contributed by atoms with E-state index in [4.69, 9.17) is 0 Å². The Kier molecular flexibility index (Phi) is 5.63. The molecule has 0 saturated heterocycles. The quantitative estimate of drug-likeness (QED) is 0.604. The van der Waals surface area contributed by atoms with Gasteiger partial charge in [0, 0.05) is 23.2 Å². The summed E-state index contributed by atoms with van der Waals surface area (Å²) in [6, 6.07) is 8.14. The maximum Gasteiger partial charge on any atom is 0.237 e. The number of carbonyl (C=O) groups is 1. The lowest BCUT2D eigenvalue weighted by molar-refractivity contribution is -0.116. The van der Waals surface area contributed by atoms with Gasteiger partial charge < -0.3 is 9.47 Å². The second kappa shape index (κ2) is 7.90. The normalized spacial score (nSPS) is 17.2. The number of carbonyl (C=O) groups excluding carboxylic acids is 1. The van der Waals surface area contributed by atoms with E-state index in [1.807, 2.05) is 39.4 Å². The molecule has 1 aliphatic heterocycles. The van der Waals surface area contributed by atoms with Crippen molar-refractivity contribution < 1.29 is 4.79 Å². The van der Waals surface area contributed by atoms with Crippen LogP contribution in [0.2, 0.25) is 0 Å². The van der Waals surface area contributed by atoms with E-state index in [9.17, 15) is 4.79 Å². The van der Waals surface area contributed by atoms with Crippen LogP contribution in [0.5, 0.6) is 0 Å². The fourth-order valence-corrected chi connectivity index (χ4v) is 4.48. The molecule has 0 fully saturated rings. The van der Waals surface area contributed by atoms with Gasteiger partial charge in [0.25, 0.3) is 0 Å². The third-order valence-electron chi connectivity index (χ3n) is 3.78. The van der Waals surface area contributed by atoms with Crippen LogP contribution in [0.15, 0.2) is 53.3 Å². The van der Waals surface area contributed by atoms with Crippen molar-refractivity contribution in [3.63, 3.8) is 0 Å². The van der Waals surface area contributed by atoms with Crippen LogP contribution < -0.4 is 4.90 Å². The molecule has 2 aromatic rings. The summed E-state index contributed by atoms with van der Waals surface area (Å²) < 4.78 is 1.89. The van der Waals surface area contributed by atoms with Gasteiger partial charge in [0.05, 0.1) is 11.4 Å². The lowest BCUT2D eigenvalue weighted by atomic mass is 10.2. The zero-order valence-electron chi connectivity index (χ0n) is 13.6. The molecular weight excluding hydrogens is 340 g/mol. The smallest absolute Gasteiger partial charge is 0.237 e. The maximum atomic E-state index is 12.8. The molecule has 5 nitrogen and oxygen atoms in total. The number of hydrogen-bond donors (Lipinski definition) is 0. The molecule has 0 N–H and O–H groups in total. The van der Waals surface area contributed by atoms with Gasteiger partial charge in [-0.2, -0.15) is 0 Å². The van der Waals surface area contributed by atoms with Crippen molar-refractivity contribution in [1.29, 1.82) is 0 Å². The fraction of sp³-hybridized carbons (Fsp3) is 0.353. The highest BCUT2D eigenvalue weighted by Gasteiger charge is 2.24. The predicted octanol–water partition coefficient (Wildman–Crippen LogP) is 3.47. The number of aromatic nitrogens is 3. The van der Waals surface area contributed by atoms with Crippen molar-refractivity contribution in [2.75, 3.05) is 17.2 Å². The minimum Gasteiger partial charge on any atom is -0.311 e. The summed E-state index contributed by atoms with van der Waals surface area (Å²) in [6.45, 7) is 7.33. The number of hydrogen-bond acceptors (Lipinski definition) is 5. The molecule has 3 rings (SSSR count). The summed E-state index contributed by atoms with van der Waals surface area (Å²) in [5.74, 6) is 0.457. The molecule has 24 heavy (non-hydrogen) atoms. The Morgan fingerprint density at radius 2 is 2.33 bits per heavy atom. The summed E-state index contributed by atoms with van der Waals surface area (Å²) in [4.78, 5) is 15.9. The molecule has 0 saturated carbocycles. The first-order valence-corrected chi connectivity index (χ1v) is 9.73. The Labute approximate surface area is 150 Å². The molecule has 0 bridgehead atoms. The van der Waals surface area contributed by atoms with Crippen LogP contribution in [0.3, 0.4) is 0 Å². The van der Waals surface area contributed by atoms with E-state index in [0.717, 1.165) is 23.8 Å². The highest BCUT2D eigenvalue weighted by Crippen LogP contribution is 2.37. The second-order valence-corrected chi connectivity index (χ2v) is 8.00. The number of amides is 1. The van der Waals surface area contributed by atoms with Crippen LogP contribution in [0.1, 0.15) is 13.3 Å². The number of nitrogens with zero attached hydrogens (tertiary/aromatic N) is 4. The lowest BCUT2D eigenvalue weighted by Crippen LogP contribution is -2.33. The van der Waals surface area contributed by atoms with Gasteiger partial charge in [-0.25, -0.2) is 0 Å².